The van der Waals surface area contributed by atoms with Crippen LogP contribution in [0.1, 0.15) is 56.0 Å². The molecule has 0 saturated carbocycles. The Kier molecular flexibility index (Phi) is 5.42. The summed E-state index contributed by atoms with van der Waals surface area (Å²) in [5.74, 6) is 0.463. The molecule has 2 heterocycles. The molecule has 1 aromatic rings. The number of anilines is 1. The number of piperidine rings is 1. The van der Waals surface area contributed by atoms with Crippen LogP contribution in [-0.2, 0) is 11.2 Å². The molecule has 1 fully saturated rings. The van der Waals surface area contributed by atoms with Crippen LogP contribution in [-0.4, -0.2) is 37.0 Å². The van der Waals surface area contributed by atoms with E-state index in [4.69, 9.17) is 0 Å². The molecule has 1 aromatic carbocycles. The van der Waals surface area contributed by atoms with Crippen molar-refractivity contribution >= 4 is 17.5 Å². The standard InChI is InChI=1S/C20H29N3O2/c1-4-18-13(2)11-16-12-15(5-6-19(16)23(18)14(3)24)20(25)22-17-7-9-21-10-8-17/h5-6,12-13,17-18,21H,4,7-11H2,1-3H3,(H,22,25)/t13?,18-/m0/s1. The number of hydrogen-bond donors (Lipinski definition) is 2. The summed E-state index contributed by atoms with van der Waals surface area (Å²) in [5.41, 5.74) is 2.77. The number of carbonyl (C=O) groups excluding carboxylic acids is 2. The summed E-state index contributed by atoms with van der Waals surface area (Å²) >= 11 is 0. The Morgan fingerprint density at radius 1 is 1.28 bits per heavy atom. The van der Waals surface area contributed by atoms with E-state index in [2.05, 4.69) is 24.5 Å². The van der Waals surface area contributed by atoms with Crippen LogP contribution >= 0.6 is 0 Å². The molecule has 136 valence electrons. The Bertz CT molecular complexity index is 652. The molecule has 5 heteroatoms. The molecule has 25 heavy (non-hydrogen) atoms. The van der Waals surface area contributed by atoms with Crippen molar-refractivity contribution in [1.29, 1.82) is 0 Å². The van der Waals surface area contributed by atoms with Crippen molar-refractivity contribution in [3.8, 4) is 0 Å². The highest BCUT2D eigenvalue weighted by Crippen LogP contribution is 2.35. The summed E-state index contributed by atoms with van der Waals surface area (Å²) in [5, 5.41) is 6.46. The van der Waals surface area contributed by atoms with Gasteiger partial charge in [0.15, 0.2) is 0 Å². The van der Waals surface area contributed by atoms with E-state index < -0.39 is 0 Å². The van der Waals surface area contributed by atoms with Crippen molar-refractivity contribution in [2.45, 2.75) is 58.5 Å². The second kappa shape index (κ2) is 7.56. The van der Waals surface area contributed by atoms with E-state index in [1.807, 2.05) is 23.1 Å². The van der Waals surface area contributed by atoms with E-state index in [0.717, 1.165) is 50.0 Å². The van der Waals surface area contributed by atoms with Crippen LogP contribution in [0.15, 0.2) is 18.2 Å². The van der Waals surface area contributed by atoms with Gasteiger partial charge in [-0.15, -0.1) is 0 Å². The molecule has 1 saturated heterocycles. The molecule has 3 rings (SSSR count). The third kappa shape index (κ3) is 3.71. The van der Waals surface area contributed by atoms with Gasteiger partial charge in [-0.1, -0.05) is 13.8 Å². The van der Waals surface area contributed by atoms with Crippen LogP contribution in [0.2, 0.25) is 0 Å². The van der Waals surface area contributed by atoms with Crippen LogP contribution in [0.5, 0.6) is 0 Å². The number of rotatable bonds is 3. The molecule has 0 bridgehead atoms. The summed E-state index contributed by atoms with van der Waals surface area (Å²) in [4.78, 5) is 26.7. The van der Waals surface area contributed by atoms with Crippen molar-refractivity contribution < 1.29 is 9.59 Å². The molecule has 0 aromatic heterocycles. The fourth-order valence-electron chi connectivity index (χ4n) is 4.26. The molecular formula is C20H29N3O2. The predicted molar refractivity (Wildman–Crippen MR) is 99.9 cm³/mol. The smallest absolute Gasteiger partial charge is 0.251 e. The van der Waals surface area contributed by atoms with Crippen molar-refractivity contribution in [1.82, 2.24) is 10.6 Å². The zero-order chi connectivity index (χ0) is 18.0. The number of amides is 2. The molecule has 2 aliphatic heterocycles. The van der Waals surface area contributed by atoms with Gasteiger partial charge in [0.25, 0.3) is 5.91 Å². The summed E-state index contributed by atoms with van der Waals surface area (Å²) in [6.07, 6.45) is 3.80. The molecule has 2 amide bonds. The first-order valence-electron chi connectivity index (χ1n) is 9.45. The van der Waals surface area contributed by atoms with Crippen molar-refractivity contribution in [2.75, 3.05) is 18.0 Å². The topological polar surface area (TPSA) is 61.4 Å². The van der Waals surface area contributed by atoms with E-state index in [1.54, 1.807) is 6.92 Å². The summed E-state index contributed by atoms with van der Waals surface area (Å²) in [6.45, 7) is 7.86. The highest BCUT2D eigenvalue weighted by atomic mass is 16.2. The third-order valence-electron chi connectivity index (χ3n) is 5.56. The molecule has 0 radical (unpaired) electrons. The second-order valence-corrected chi connectivity index (χ2v) is 7.39. The van der Waals surface area contributed by atoms with Gasteiger partial charge in [-0.2, -0.15) is 0 Å². The van der Waals surface area contributed by atoms with Gasteiger partial charge in [-0.05, 0) is 68.5 Å². The maximum Gasteiger partial charge on any atom is 0.251 e. The first-order valence-corrected chi connectivity index (χ1v) is 9.45. The lowest BCUT2D eigenvalue weighted by atomic mass is 9.84. The average molecular weight is 343 g/mol. The lowest BCUT2D eigenvalue weighted by Gasteiger charge is -2.40. The molecule has 0 spiro atoms. The van der Waals surface area contributed by atoms with Gasteiger partial charge in [0.1, 0.15) is 0 Å². The number of nitrogens with one attached hydrogen (secondary N) is 2. The Labute approximate surface area is 150 Å². The van der Waals surface area contributed by atoms with Crippen LogP contribution < -0.4 is 15.5 Å². The lowest BCUT2D eigenvalue weighted by Crippen LogP contribution is -2.47. The van der Waals surface area contributed by atoms with Crippen molar-refractivity contribution in [3.63, 3.8) is 0 Å². The van der Waals surface area contributed by atoms with Crippen LogP contribution in [0.25, 0.3) is 0 Å². The van der Waals surface area contributed by atoms with Gasteiger partial charge in [0.05, 0.1) is 0 Å². The monoisotopic (exact) mass is 343 g/mol. The van der Waals surface area contributed by atoms with Crippen LogP contribution in [0.4, 0.5) is 5.69 Å². The maximum absolute atomic E-state index is 12.6. The number of hydrogen-bond acceptors (Lipinski definition) is 3. The van der Waals surface area contributed by atoms with Crippen molar-refractivity contribution in [2.24, 2.45) is 5.92 Å². The zero-order valence-corrected chi connectivity index (χ0v) is 15.5. The van der Waals surface area contributed by atoms with E-state index >= 15 is 0 Å². The van der Waals surface area contributed by atoms with Gasteiger partial charge >= 0.3 is 0 Å². The second-order valence-electron chi connectivity index (χ2n) is 7.39. The Hall–Kier alpha value is -1.88. The summed E-state index contributed by atoms with van der Waals surface area (Å²) in [6, 6.07) is 6.27. The quantitative estimate of drug-likeness (QED) is 0.886. The molecule has 2 N–H and O–H groups in total. The largest absolute Gasteiger partial charge is 0.349 e. The van der Waals surface area contributed by atoms with Gasteiger partial charge < -0.3 is 15.5 Å². The fourth-order valence-corrected chi connectivity index (χ4v) is 4.26. The third-order valence-corrected chi connectivity index (χ3v) is 5.56. The molecule has 0 aliphatic carbocycles. The summed E-state index contributed by atoms with van der Waals surface area (Å²) < 4.78 is 0. The SMILES string of the molecule is CC[C@H]1C(C)Cc2cc(C(=O)NC3CCNCC3)ccc2N1C(C)=O. The fraction of sp³-hybridized carbons (Fsp3) is 0.600. The predicted octanol–water partition coefficient (Wildman–Crippen LogP) is 2.49. The lowest BCUT2D eigenvalue weighted by molar-refractivity contribution is -0.117. The first kappa shape index (κ1) is 17.9. The normalized spacial score (nSPS) is 23.9. The number of benzene rings is 1. The minimum absolute atomic E-state index is 0.00524. The highest BCUT2D eigenvalue weighted by molar-refractivity contribution is 5.97. The maximum atomic E-state index is 12.6. The average Bonchev–Trinajstić information content (AvgIpc) is 2.60. The van der Waals surface area contributed by atoms with E-state index in [9.17, 15) is 9.59 Å². The Morgan fingerprint density at radius 2 is 2.00 bits per heavy atom. The van der Waals surface area contributed by atoms with Gasteiger partial charge in [-0.25, -0.2) is 0 Å². The molecular weight excluding hydrogens is 314 g/mol. The number of nitrogens with zero attached hydrogens (tertiary/aromatic N) is 1. The molecule has 5 nitrogen and oxygen atoms in total. The van der Waals surface area contributed by atoms with Gasteiger partial charge in [0, 0.05) is 30.3 Å². The van der Waals surface area contributed by atoms with Crippen molar-refractivity contribution in [3.05, 3.63) is 29.3 Å². The van der Waals surface area contributed by atoms with Crippen LogP contribution in [0, 0.1) is 5.92 Å². The van der Waals surface area contributed by atoms with Gasteiger partial charge in [-0.3, -0.25) is 9.59 Å². The Morgan fingerprint density at radius 3 is 2.64 bits per heavy atom. The minimum atomic E-state index is -0.00524. The van der Waals surface area contributed by atoms with Gasteiger partial charge in [0.2, 0.25) is 5.91 Å². The number of fused-ring (bicyclic) bond motifs is 1. The van der Waals surface area contributed by atoms with E-state index in [1.165, 1.54) is 0 Å². The molecule has 1 unspecified atom stereocenters. The minimum Gasteiger partial charge on any atom is -0.349 e. The highest BCUT2D eigenvalue weighted by Gasteiger charge is 2.33. The zero-order valence-electron chi connectivity index (χ0n) is 15.5. The van der Waals surface area contributed by atoms with E-state index in [0.29, 0.717) is 11.5 Å². The molecule has 2 aliphatic rings. The summed E-state index contributed by atoms with van der Waals surface area (Å²) in [7, 11) is 0. The van der Waals surface area contributed by atoms with Crippen LogP contribution in [0.3, 0.4) is 0 Å². The molecule has 2 atom stereocenters. The number of carbonyl (C=O) groups is 2. The first-order chi connectivity index (χ1) is 12.0. The Balaban J connectivity index is 1.82. The van der Waals surface area contributed by atoms with E-state index in [-0.39, 0.29) is 23.9 Å².